The molecular weight excluding hydrogens is 248 g/mol. The number of nitriles is 1. The van der Waals surface area contributed by atoms with E-state index in [0.29, 0.717) is 6.42 Å². The van der Waals surface area contributed by atoms with Crippen molar-refractivity contribution in [2.75, 3.05) is 0 Å². The molecule has 0 saturated heterocycles. The molecule has 0 fully saturated rings. The van der Waals surface area contributed by atoms with Gasteiger partial charge in [-0.05, 0) is 44.9 Å². The maximum absolute atomic E-state index is 12.0. The molecule has 0 aliphatic heterocycles. The van der Waals surface area contributed by atoms with Crippen LogP contribution in [0, 0.1) is 31.1 Å². The predicted molar refractivity (Wildman–Crippen MR) is 83.9 cm³/mol. The fourth-order valence-electron chi connectivity index (χ4n) is 2.21. The van der Waals surface area contributed by atoms with E-state index in [1.165, 1.54) is 0 Å². The van der Waals surface area contributed by atoms with Crippen LogP contribution in [0.3, 0.4) is 0 Å². The second kappa shape index (κ2) is 6.91. The first-order valence-electron chi connectivity index (χ1n) is 7.04. The Hall–Kier alpha value is -2.08. The number of rotatable bonds is 2. The number of H-pyrrole nitrogens is 1. The fraction of sp³-hybridized carbons (Fsp3) is 0.412. The Kier molecular flexibility index (Phi) is 5.52. The summed E-state index contributed by atoms with van der Waals surface area (Å²) in [5, 5.41) is 9.94. The zero-order valence-corrected chi connectivity index (χ0v) is 12.9. The minimum absolute atomic E-state index is 0.0778. The van der Waals surface area contributed by atoms with Crippen molar-refractivity contribution in [2.45, 2.75) is 41.0 Å². The van der Waals surface area contributed by atoms with Crippen molar-refractivity contribution < 1.29 is 0 Å². The van der Waals surface area contributed by atoms with Gasteiger partial charge in [-0.3, -0.25) is 4.79 Å². The lowest BCUT2D eigenvalue weighted by Gasteiger charge is -2.10. The van der Waals surface area contributed by atoms with Gasteiger partial charge < -0.3 is 4.98 Å². The summed E-state index contributed by atoms with van der Waals surface area (Å²) in [7, 11) is 0. The van der Waals surface area contributed by atoms with E-state index in [1.807, 2.05) is 46.8 Å². The SMILES string of the molecule is CC.Cc1ccc2[nH]c(=O)c(C[C@H](C)C#N)c(C)c2c1. The van der Waals surface area contributed by atoms with E-state index >= 15 is 0 Å². The zero-order valence-electron chi connectivity index (χ0n) is 12.9. The van der Waals surface area contributed by atoms with Crippen molar-refractivity contribution >= 4 is 10.9 Å². The van der Waals surface area contributed by atoms with Gasteiger partial charge in [0.15, 0.2) is 0 Å². The molecule has 0 aliphatic rings. The van der Waals surface area contributed by atoms with E-state index in [9.17, 15) is 4.79 Å². The van der Waals surface area contributed by atoms with Gasteiger partial charge in [-0.15, -0.1) is 0 Å². The van der Waals surface area contributed by atoms with E-state index < -0.39 is 0 Å². The molecule has 3 heteroatoms. The van der Waals surface area contributed by atoms with E-state index in [0.717, 1.165) is 27.6 Å². The number of benzene rings is 1. The molecular formula is C17H22N2O. The molecule has 2 aromatic rings. The summed E-state index contributed by atoms with van der Waals surface area (Å²) in [6, 6.07) is 8.15. The number of aromatic amines is 1. The van der Waals surface area contributed by atoms with Gasteiger partial charge in [-0.1, -0.05) is 25.5 Å². The molecule has 1 aromatic carbocycles. The van der Waals surface area contributed by atoms with Gasteiger partial charge in [0.25, 0.3) is 5.56 Å². The Morgan fingerprint density at radius 3 is 2.55 bits per heavy atom. The summed E-state index contributed by atoms with van der Waals surface area (Å²) in [4.78, 5) is 14.9. The molecule has 0 bridgehead atoms. The summed E-state index contributed by atoms with van der Waals surface area (Å²) in [6.45, 7) is 9.82. The smallest absolute Gasteiger partial charge is 0.251 e. The standard InChI is InChI=1S/C15H16N2O.C2H6/c1-9-4-5-14-12(6-9)11(3)13(15(18)17-14)7-10(2)8-16;1-2/h4-6,10H,7H2,1-3H3,(H,17,18);1-2H3/t10-;/m0./s1. The lowest BCUT2D eigenvalue weighted by Crippen LogP contribution is -2.17. The Morgan fingerprint density at radius 1 is 1.30 bits per heavy atom. The fourth-order valence-corrected chi connectivity index (χ4v) is 2.21. The minimum Gasteiger partial charge on any atom is -0.322 e. The Balaban J connectivity index is 0.000000956. The first-order chi connectivity index (χ1) is 9.52. The highest BCUT2D eigenvalue weighted by molar-refractivity contribution is 5.83. The van der Waals surface area contributed by atoms with Gasteiger partial charge >= 0.3 is 0 Å². The molecule has 0 spiro atoms. The van der Waals surface area contributed by atoms with Crippen LogP contribution in [-0.2, 0) is 6.42 Å². The number of pyridine rings is 1. The third kappa shape index (κ3) is 3.27. The van der Waals surface area contributed by atoms with Crippen molar-refractivity contribution in [1.29, 1.82) is 5.26 Å². The van der Waals surface area contributed by atoms with Crippen LogP contribution >= 0.6 is 0 Å². The second-order valence-corrected chi connectivity index (χ2v) is 4.84. The molecule has 0 unspecified atom stereocenters. The number of fused-ring (bicyclic) bond motifs is 1. The van der Waals surface area contributed by atoms with E-state index in [-0.39, 0.29) is 11.5 Å². The summed E-state index contributed by atoms with van der Waals surface area (Å²) >= 11 is 0. The molecule has 3 nitrogen and oxygen atoms in total. The number of hydrogen-bond donors (Lipinski definition) is 1. The molecule has 1 aromatic heterocycles. The van der Waals surface area contributed by atoms with E-state index in [1.54, 1.807) is 0 Å². The first-order valence-corrected chi connectivity index (χ1v) is 7.04. The summed E-state index contributed by atoms with van der Waals surface area (Å²) < 4.78 is 0. The lowest BCUT2D eigenvalue weighted by molar-refractivity contribution is 0.729. The molecule has 1 heterocycles. The number of hydrogen-bond acceptors (Lipinski definition) is 2. The highest BCUT2D eigenvalue weighted by Crippen LogP contribution is 2.20. The Bertz CT molecular complexity index is 692. The van der Waals surface area contributed by atoms with Crippen LogP contribution in [0.4, 0.5) is 0 Å². The second-order valence-electron chi connectivity index (χ2n) is 4.84. The van der Waals surface area contributed by atoms with Crippen LogP contribution in [-0.4, -0.2) is 4.98 Å². The predicted octanol–water partition coefficient (Wildman–Crippen LogP) is 3.87. The highest BCUT2D eigenvalue weighted by Gasteiger charge is 2.12. The average Bonchev–Trinajstić information content (AvgIpc) is 2.46. The highest BCUT2D eigenvalue weighted by atomic mass is 16.1. The maximum Gasteiger partial charge on any atom is 0.251 e. The van der Waals surface area contributed by atoms with Crippen molar-refractivity contribution in [3.8, 4) is 6.07 Å². The lowest BCUT2D eigenvalue weighted by atomic mass is 9.96. The molecule has 1 atom stereocenters. The number of aromatic nitrogens is 1. The molecule has 106 valence electrons. The van der Waals surface area contributed by atoms with Gasteiger partial charge in [0.2, 0.25) is 0 Å². The first kappa shape index (κ1) is 16.0. The maximum atomic E-state index is 12.0. The number of nitrogens with zero attached hydrogens (tertiary/aromatic N) is 1. The molecule has 0 amide bonds. The molecule has 0 aliphatic carbocycles. The van der Waals surface area contributed by atoms with Gasteiger partial charge in [-0.25, -0.2) is 0 Å². The van der Waals surface area contributed by atoms with Crippen LogP contribution in [0.5, 0.6) is 0 Å². The quantitative estimate of drug-likeness (QED) is 0.900. The summed E-state index contributed by atoms with van der Waals surface area (Å²) in [5.41, 5.74) is 3.65. The summed E-state index contributed by atoms with van der Waals surface area (Å²) in [6.07, 6.45) is 0.502. The third-order valence-corrected chi connectivity index (χ3v) is 3.28. The number of aryl methyl sites for hydroxylation is 2. The Morgan fingerprint density at radius 2 is 1.95 bits per heavy atom. The molecule has 0 saturated carbocycles. The van der Waals surface area contributed by atoms with Crippen LogP contribution in [0.15, 0.2) is 23.0 Å². The van der Waals surface area contributed by atoms with Crippen molar-refractivity contribution in [2.24, 2.45) is 5.92 Å². The topological polar surface area (TPSA) is 56.6 Å². The van der Waals surface area contributed by atoms with Crippen molar-refractivity contribution in [1.82, 2.24) is 4.98 Å². The van der Waals surface area contributed by atoms with Crippen LogP contribution in [0.2, 0.25) is 0 Å². The molecule has 20 heavy (non-hydrogen) atoms. The average molecular weight is 270 g/mol. The van der Waals surface area contributed by atoms with Crippen LogP contribution < -0.4 is 5.56 Å². The zero-order chi connectivity index (χ0) is 15.3. The third-order valence-electron chi connectivity index (χ3n) is 3.28. The van der Waals surface area contributed by atoms with Crippen LogP contribution in [0.25, 0.3) is 10.9 Å². The van der Waals surface area contributed by atoms with Crippen molar-refractivity contribution in [3.05, 3.63) is 45.2 Å². The van der Waals surface area contributed by atoms with Gasteiger partial charge in [0.05, 0.1) is 6.07 Å². The molecule has 2 rings (SSSR count). The minimum atomic E-state index is -0.146. The van der Waals surface area contributed by atoms with E-state index in [2.05, 4.69) is 17.1 Å². The monoisotopic (exact) mass is 270 g/mol. The molecule has 1 N–H and O–H groups in total. The Labute approximate surface area is 120 Å². The van der Waals surface area contributed by atoms with Crippen molar-refractivity contribution in [3.63, 3.8) is 0 Å². The summed E-state index contributed by atoms with van der Waals surface area (Å²) in [5.74, 6) is -0.146. The van der Waals surface area contributed by atoms with Gasteiger partial charge in [0, 0.05) is 22.4 Å². The van der Waals surface area contributed by atoms with Gasteiger partial charge in [0.1, 0.15) is 0 Å². The molecule has 0 radical (unpaired) electrons. The van der Waals surface area contributed by atoms with E-state index in [4.69, 9.17) is 5.26 Å². The van der Waals surface area contributed by atoms with Crippen LogP contribution in [0.1, 0.15) is 37.5 Å². The van der Waals surface area contributed by atoms with Gasteiger partial charge in [-0.2, -0.15) is 5.26 Å². The normalized spacial score (nSPS) is 11.4. The largest absolute Gasteiger partial charge is 0.322 e. The number of nitrogens with one attached hydrogen (secondary N) is 1.